The van der Waals surface area contributed by atoms with E-state index in [0.29, 0.717) is 19.3 Å². The van der Waals surface area contributed by atoms with Crippen molar-refractivity contribution in [1.29, 1.82) is 0 Å². The number of ether oxygens (including phenoxy) is 3. The van der Waals surface area contributed by atoms with Crippen molar-refractivity contribution in [2.45, 2.75) is 258 Å². The van der Waals surface area contributed by atoms with Gasteiger partial charge in [0, 0.05) is 19.3 Å². The molecular formula is C57H98O6. The summed E-state index contributed by atoms with van der Waals surface area (Å²) in [6.45, 7) is 6.48. The maximum absolute atomic E-state index is 12.8. The van der Waals surface area contributed by atoms with Gasteiger partial charge in [-0.05, 0) is 89.9 Å². The standard InChI is InChI=1S/C57H98O6/c1-4-7-10-13-16-19-22-25-26-27-28-29-30-33-35-38-41-44-47-50-56(59)62-53-54(63-57(60)51-48-45-42-39-36-32-24-21-18-15-12-9-6-3)52-61-55(58)49-46-43-40-37-34-31-23-20-17-14-11-8-5-2/h7,10,16,19,21,24-26,28-29,33,35,54H,4-6,8-9,11-15,17-18,20,22-23,27,30-32,34,36-53H2,1-3H3/b10-7+,19-16+,24-21+,26-25+,29-28+,35-33+/t54-/m1/s1. The summed E-state index contributed by atoms with van der Waals surface area (Å²) in [6, 6.07) is 0. The number of carbonyl (C=O) groups is 3. The molecule has 63 heavy (non-hydrogen) atoms. The van der Waals surface area contributed by atoms with E-state index in [1.165, 1.54) is 103 Å². The first-order chi connectivity index (χ1) is 31.0. The Balaban J connectivity index is 4.43. The normalized spacial score (nSPS) is 12.6. The van der Waals surface area contributed by atoms with E-state index in [2.05, 4.69) is 93.7 Å². The van der Waals surface area contributed by atoms with Crippen molar-refractivity contribution in [2.24, 2.45) is 0 Å². The molecule has 0 fully saturated rings. The maximum atomic E-state index is 12.8. The van der Waals surface area contributed by atoms with Crippen LogP contribution in [-0.4, -0.2) is 37.2 Å². The van der Waals surface area contributed by atoms with Gasteiger partial charge < -0.3 is 14.2 Å². The van der Waals surface area contributed by atoms with Crippen LogP contribution in [0.15, 0.2) is 72.9 Å². The number of hydrogen-bond acceptors (Lipinski definition) is 6. The fourth-order valence-electron chi connectivity index (χ4n) is 7.23. The highest BCUT2D eigenvalue weighted by Crippen LogP contribution is 2.15. The summed E-state index contributed by atoms with van der Waals surface area (Å²) < 4.78 is 16.8. The molecule has 0 aromatic carbocycles. The Bertz CT molecular complexity index is 1190. The maximum Gasteiger partial charge on any atom is 0.306 e. The van der Waals surface area contributed by atoms with Crippen LogP contribution in [0.25, 0.3) is 0 Å². The molecule has 0 N–H and O–H groups in total. The Labute approximate surface area is 389 Å². The lowest BCUT2D eigenvalue weighted by molar-refractivity contribution is -0.167. The molecular weight excluding hydrogens is 781 g/mol. The summed E-state index contributed by atoms with van der Waals surface area (Å²) in [6.07, 6.45) is 64.5. The monoisotopic (exact) mass is 879 g/mol. The highest BCUT2D eigenvalue weighted by Gasteiger charge is 2.19. The molecule has 0 amide bonds. The van der Waals surface area contributed by atoms with Gasteiger partial charge in [-0.3, -0.25) is 14.4 Å². The molecule has 0 aromatic rings. The second-order valence-electron chi connectivity index (χ2n) is 17.4. The number of unbranched alkanes of at least 4 members (excludes halogenated alkanes) is 24. The lowest BCUT2D eigenvalue weighted by Gasteiger charge is -2.18. The molecule has 0 aromatic heterocycles. The fraction of sp³-hybridized carbons (Fsp3) is 0.737. The quantitative estimate of drug-likeness (QED) is 0.0262. The van der Waals surface area contributed by atoms with E-state index in [1.54, 1.807) is 0 Å². The van der Waals surface area contributed by atoms with Crippen LogP contribution in [0.5, 0.6) is 0 Å². The number of allylic oxidation sites excluding steroid dienone is 12. The van der Waals surface area contributed by atoms with E-state index in [0.717, 1.165) is 109 Å². The van der Waals surface area contributed by atoms with Crippen LogP contribution in [0.3, 0.4) is 0 Å². The lowest BCUT2D eigenvalue weighted by Crippen LogP contribution is -2.30. The van der Waals surface area contributed by atoms with Gasteiger partial charge in [0.15, 0.2) is 6.10 Å². The fourth-order valence-corrected chi connectivity index (χ4v) is 7.23. The molecule has 362 valence electrons. The minimum Gasteiger partial charge on any atom is -0.462 e. The SMILES string of the molecule is CC/C=C/C/C=C/C/C=C/C/C=C/C/C=C/CCCCCC(=O)OC[C@@H](COC(=O)CCCCCCCCCCCCCCC)OC(=O)CCCCCCC/C=C/CCCCCC. The van der Waals surface area contributed by atoms with E-state index in [9.17, 15) is 14.4 Å². The molecule has 0 saturated heterocycles. The van der Waals surface area contributed by atoms with E-state index in [-0.39, 0.29) is 31.1 Å². The molecule has 0 rings (SSSR count). The molecule has 0 radical (unpaired) electrons. The van der Waals surface area contributed by atoms with Crippen LogP contribution in [-0.2, 0) is 28.6 Å². The minimum absolute atomic E-state index is 0.0876. The van der Waals surface area contributed by atoms with Crippen molar-refractivity contribution in [3.05, 3.63) is 72.9 Å². The zero-order valence-corrected chi connectivity index (χ0v) is 41.3. The summed E-state index contributed by atoms with van der Waals surface area (Å²) in [5, 5.41) is 0. The Morgan fingerprint density at radius 3 is 1.02 bits per heavy atom. The van der Waals surface area contributed by atoms with E-state index >= 15 is 0 Å². The highest BCUT2D eigenvalue weighted by atomic mass is 16.6. The Morgan fingerprint density at radius 2 is 0.619 bits per heavy atom. The molecule has 0 aliphatic carbocycles. The number of rotatable bonds is 47. The number of hydrogen-bond donors (Lipinski definition) is 0. The third-order valence-corrected chi connectivity index (χ3v) is 11.2. The lowest BCUT2D eigenvalue weighted by atomic mass is 10.0. The van der Waals surface area contributed by atoms with Crippen LogP contribution in [0.2, 0.25) is 0 Å². The van der Waals surface area contributed by atoms with E-state index < -0.39 is 6.10 Å². The smallest absolute Gasteiger partial charge is 0.306 e. The first-order valence-corrected chi connectivity index (χ1v) is 26.4. The summed E-state index contributed by atoms with van der Waals surface area (Å²) in [5.41, 5.74) is 0. The van der Waals surface area contributed by atoms with Gasteiger partial charge in [-0.1, -0.05) is 216 Å². The molecule has 6 heteroatoms. The average Bonchev–Trinajstić information content (AvgIpc) is 3.28. The summed E-state index contributed by atoms with van der Waals surface area (Å²) >= 11 is 0. The zero-order chi connectivity index (χ0) is 45.8. The van der Waals surface area contributed by atoms with Crippen molar-refractivity contribution in [3.8, 4) is 0 Å². The van der Waals surface area contributed by atoms with Gasteiger partial charge in [0.1, 0.15) is 13.2 Å². The van der Waals surface area contributed by atoms with Crippen molar-refractivity contribution in [3.63, 3.8) is 0 Å². The highest BCUT2D eigenvalue weighted by molar-refractivity contribution is 5.71. The molecule has 1 atom stereocenters. The largest absolute Gasteiger partial charge is 0.462 e. The number of carbonyl (C=O) groups excluding carboxylic acids is 3. The van der Waals surface area contributed by atoms with Crippen molar-refractivity contribution in [2.75, 3.05) is 13.2 Å². The second-order valence-corrected chi connectivity index (χ2v) is 17.4. The molecule has 6 nitrogen and oxygen atoms in total. The van der Waals surface area contributed by atoms with E-state index in [1.807, 2.05) is 0 Å². The van der Waals surface area contributed by atoms with Crippen LogP contribution in [0.4, 0.5) is 0 Å². The molecule has 0 unspecified atom stereocenters. The topological polar surface area (TPSA) is 78.9 Å². The molecule has 0 aliphatic rings. The van der Waals surface area contributed by atoms with Crippen LogP contribution >= 0.6 is 0 Å². The predicted octanol–water partition coefficient (Wildman–Crippen LogP) is 17.4. The van der Waals surface area contributed by atoms with Gasteiger partial charge in [-0.15, -0.1) is 0 Å². The first kappa shape index (κ1) is 59.9. The Hall–Kier alpha value is -3.15. The van der Waals surface area contributed by atoms with Gasteiger partial charge in [-0.2, -0.15) is 0 Å². The van der Waals surface area contributed by atoms with Gasteiger partial charge >= 0.3 is 17.9 Å². The number of esters is 3. The molecule has 0 aliphatic heterocycles. The first-order valence-electron chi connectivity index (χ1n) is 26.4. The molecule has 0 saturated carbocycles. The minimum atomic E-state index is -0.791. The van der Waals surface area contributed by atoms with Gasteiger partial charge in [0.25, 0.3) is 0 Å². The predicted molar refractivity (Wildman–Crippen MR) is 270 cm³/mol. The van der Waals surface area contributed by atoms with Crippen LogP contribution in [0, 0.1) is 0 Å². The Morgan fingerprint density at radius 1 is 0.333 bits per heavy atom. The Kier molecular flexibility index (Phi) is 48.9. The molecule has 0 spiro atoms. The van der Waals surface area contributed by atoms with Crippen molar-refractivity contribution >= 4 is 17.9 Å². The molecule has 0 bridgehead atoms. The van der Waals surface area contributed by atoms with Gasteiger partial charge in [-0.25, -0.2) is 0 Å². The average molecular weight is 879 g/mol. The third kappa shape index (κ3) is 49.7. The second kappa shape index (κ2) is 51.5. The summed E-state index contributed by atoms with van der Waals surface area (Å²) in [4.78, 5) is 38.0. The van der Waals surface area contributed by atoms with Gasteiger partial charge in [0.2, 0.25) is 0 Å². The molecule has 0 heterocycles. The zero-order valence-electron chi connectivity index (χ0n) is 41.3. The van der Waals surface area contributed by atoms with Gasteiger partial charge in [0.05, 0.1) is 0 Å². The van der Waals surface area contributed by atoms with Crippen molar-refractivity contribution < 1.29 is 28.6 Å². The van der Waals surface area contributed by atoms with Crippen LogP contribution in [0.1, 0.15) is 252 Å². The van der Waals surface area contributed by atoms with Crippen LogP contribution < -0.4 is 0 Å². The summed E-state index contributed by atoms with van der Waals surface area (Å²) in [7, 11) is 0. The van der Waals surface area contributed by atoms with E-state index in [4.69, 9.17) is 14.2 Å². The van der Waals surface area contributed by atoms with Crippen molar-refractivity contribution in [1.82, 2.24) is 0 Å². The third-order valence-electron chi connectivity index (χ3n) is 11.2. The summed E-state index contributed by atoms with van der Waals surface area (Å²) in [5.74, 6) is -0.926.